The minimum atomic E-state index is -4.67. The second-order valence-electron chi connectivity index (χ2n) is 10.0. The largest absolute Gasteiger partial charge is 0.527 e. The van der Waals surface area contributed by atoms with Crippen molar-refractivity contribution in [1.82, 2.24) is 24.5 Å². The molecule has 1 aromatic carbocycles. The summed E-state index contributed by atoms with van der Waals surface area (Å²) in [6.45, 7) is 0.302. The minimum Gasteiger partial charge on any atom is -0.401 e. The Morgan fingerprint density at radius 2 is 1.93 bits per heavy atom. The first-order valence-corrected chi connectivity index (χ1v) is 14.3. The van der Waals surface area contributed by atoms with E-state index in [1.165, 1.54) is 24.9 Å². The second kappa shape index (κ2) is 11.7. The van der Waals surface area contributed by atoms with Crippen molar-refractivity contribution in [2.75, 3.05) is 30.8 Å². The van der Waals surface area contributed by atoms with Crippen molar-refractivity contribution in [2.24, 2.45) is 5.73 Å². The monoisotopic (exact) mass is 626 g/mol. The van der Waals surface area contributed by atoms with E-state index in [9.17, 15) is 27.7 Å². The molecule has 0 saturated carbocycles. The number of nitrogens with two attached hydrogens (primary N) is 2. The van der Waals surface area contributed by atoms with Crippen LogP contribution in [0.15, 0.2) is 37.1 Å². The summed E-state index contributed by atoms with van der Waals surface area (Å²) in [6, 6.07) is 2.80. The number of fused-ring (bicyclic) bond motifs is 1. The van der Waals surface area contributed by atoms with Gasteiger partial charge < -0.3 is 30.6 Å². The van der Waals surface area contributed by atoms with Crippen LogP contribution < -0.4 is 20.9 Å². The third-order valence-corrected chi connectivity index (χ3v) is 8.09. The van der Waals surface area contributed by atoms with Crippen LogP contribution in [-0.2, 0) is 15.6 Å². The van der Waals surface area contributed by atoms with Crippen LogP contribution in [-0.4, -0.2) is 72.8 Å². The number of anilines is 2. The zero-order valence-electron chi connectivity index (χ0n) is 22.6. The zero-order chi connectivity index (χ0) is 31.1. The zero-order valence-corrected chi connectivity index (χ0v) is 23.5. The number of hydrogen-bond donors (Lipinski definition) is 4. The molecule has 3 aromatic heterocycles. The van der Waals surface area contributed by atoms with Crippen molar-refractivity contribution in [3.8, 4) is 17.0 Å². The van der Waals surface area contributed by atoms with Gasteiger partial charge in [0, 0.05) is 31.8 Å². The fourth-order valence-electron chi connectivity index (χ4n) is 5.01. The molecule has 0 spiro atoms. The molecule has 5 rings (SSSR count). The number of phosphoric acid groups is 1. The van der Waals surface area contributed by atoms with Gasteiger partial charge in [0.25, 0.3) is 6.43 Å². The Labute approximate surface area is 241 Å². The molecule has 3 atom stereocenters. The molecule has 1 aliphatic heterocycles. The maximum atomic E-state index is 15.2. The molecule has 0 amide bonds. The highest BCUT2D eigenvalue weighted by Crippen LogP contribution is 2.44. The number of phosphoric ester groups is 1. The number of benzene rings is 1. The first-order chi connectivity index (χ1) is 20.3. The number of aliphatic hydroxyl groups is 1. The van der Waals surface area contributed by atoms with E-state index in [1.807, 2.05) is 0 Å². The predicted molar refractivity (Wildman–Crippen MR) is 146 cm³/mol. The first-order valence-electron chi connectivity index (χ1n) is 12.8. The standard InChI is InChI=1S/C25H27F4N8O5P/c1-41-43(39,40)42-19-7-15(26)14(6-16(19)27)17-5-13(9-37-12-35-20-23(30)33-11-34-24(20)37)18(8-32-17)36-4-2-3-25(31,10-36)21(38)22(28)29/h5-8,11-12,21-22,38H,2-4,9-10,31H2,1H3,(H,39,40)(H2,30,33,34)/t21-,25-/m1/s1. The first kappa shape index (κ1) is 30.6. The lowest BCUT2D eigenvalue weighted by molar-refractivity contribution is -0.0529. The SMILES string of the molecule is COP(=O)(O)Oc1cc(F)c(-c2cc(Cn3cnc4c(N)ncnc43)c(N3CCC[C@](N)([C@H](O)C(F)F)C3)cn2)cc1F. The topological polar surface area (TPSA) is 188 Å². The van der Waals surface area contributed by atoms with E-state index < -0.39 is 43.3 Å². The summed E-state index contributed by atoms with van der Waals surface area (Å²) in [5.41, 5.74) is 11.8. The highest BCUT2D eigenvalue weighted by atomic mass is 31.2. The third kappa shape index (κ3) is 6.12. The lowest BCUT2D eigenvalue weighted by Gasteiger charge is -2.44. The Morgan fingerprint density at radius 3 is 2.65 bits per heavy atom. The third-order valence-electron chi connectivity index (χ3n) is 7.20. The molecule has 0 radical (unpaired) electrons. The lowest BCUT2D eigenvalue weighted by atomic mass is 9.84. The quantitative estimate of drug-likeness (QED) is 0.157. The van der Waals surface area contributed by atoms with Crippen LogP contribution >= 0.6 is 7.82 Å². The van der Waals surface area contributed by atoms with Crippen LogP contribution in [0.2, 0.25) is 0 Å². The molecule has 0 bridgehead atoms. The van der Waals surface area contributed by atoms with Gasteiger partial charge in [0.2, 0.25) is 0 Å². The van der Waals surface area contributed by atoms with Gasteiger partial charge in [-0.15, -0.1) is 0 Å². The van der Waals surface area contributed by atoms with Crippen LogP contribution in [0.1, 0.15) is 18.4 Å². The number of hydrogen-bond acceptors (Lipinski definition) is 11. The van der Waals surface area contributed by atoms with E-state index in [1.54, 1.807) is 9.47 Å². The number of alkyl halides is 2. The summed E-state index contributed by atoms with van der Waals surface area (Å²) in [5.74, 6) is -2.89. The fraction of sp³-hybridized carbons (Fsp3) is 0.360. The molecule has 4 heterocycles. The van der Waals surface area contributed by atoms with Crippen LogP contribution in [0.3, 0.4) is 0 Å². The molecule has 43 heavy (non-hydrogen) atoms. The number of imidazole rings is 1. The summed E-state index contributed by atoms with van der Waals surface area (Å²) < 4.78 is 79.1. The number of pyridine rings is 1. The molecule has 1 saturated heterocycles. The molecule has 0 aliphatic carbocycles. The number of nitrogen functional groups attached to an aromatic ring is 1. The number of rotatable bonds is 9. The average molecular weight is 627 g/mol. The van der Waals surface area contributed by atoms with Gasteiger partial charge in [-0.3, -0.25) is 14.4 Å². The van der Waals surface area contributed by atoms with Gasteiger partial charge >= 0.3 is 7.82 Å². The smallest absolute Gasteiger partial charge is 0.401 e. The molecule has 4 aromatic rings. The van der Waals surface area contributed by atoms with Crippen molar-refractivity contribution in [3.63, 3.8) is 0 Å². The molecule has 1 fully saturated rings. The molecule has 1 aliphatic rings. The number of piperidine rings is 1. The Morgan fingerprint density at radius 1 is 1.16 bits per heavy atom. The van der Waals surface area contributed by atoms with Gasteiger partial charge in [0.15, 0.2) is 23.0 Å². The van der Waals surface area contributed by atoms with Gasteiger partial charge in [-0.2, -0.15) is 0 Å². The Bertz CT molecular complexity index is 1710. The van der Waals surface area contributed by atoms with E-state index in [4.69, 9.17) is 11.5 Å². The average Bonchev–Trinajstić information content (AvgIpc) is 3.38. The van der Waals surface area contributed by atoms with Gasteiger partial charge in [0.05, 0.1) is 36.0 Å². The normalized spacial score (nSPS) is 19.5. The highest BCUT2D eigenvalue weighted by Gasteiger charge is 2.43. The number of aliphatic hydroxyl groups excluding tert-OH is 1. The van der Waals surface area contributed by atoms with E-state index in [2.05, 4.69) is 29.0 Å². The summed E-state index contributed by atoms with van der Waals surface area (Å²) in [7, 11) is -3.80. The van der Waals surface area contributed by atoms with E-state index in [0.717, 1.165) is 13.2 Å². The van der Waals surface area contributed by atoms with Crippen molar-refractivity contribution < 1.29 is 41.2 Å². The van der Waals surface area contributed by atoms with Gasteiger partial charge in [-0.1, -0.05) is 0 Å². The van der Waals surface area contributed by atoms with E-state index >= 15 is 4.39 Å². The van der Waals surface area contributed by atoms with Crippen LogP contribution in [0.25, 0.3) is 22.4 Å². The van der Waals surface area contributed by atoms with Crippen molar-refractivity contribution in [3.05, 3.63) is 54.2 Å². The van der Waals surface area contributed by atoms with Crippen molar-refractivity contribution in [2.45, 2.75) is 37.5 Å². The number of aromatic nitrogens is 5. The van der Waals surface area contributed by atoms with Gasteiger partial charge in [-0.05, 0) is 30.5 Å². The number of nitrogens with zero attached hydrogens (tertiary/aromatic N) is 6. The molecule has 6 N–H and O–H groups in total. The highest BCUT2D eigenvalue weighted by molar-refractivity contribution is 7.47. The lowest BCUT2D eigenvalue weighted by Crippen LogP contribution is -2.63. The maximum absolute atomic E-state index is 15.2. The van der Waals surface area contributed by atoms with E-state index in [-0.39, 0.29) is 36.6 Å². The van der Waals surface area contributed by atoms with Crippen LogP contribution in [0.5, 0.6) is 5.75 Å². The summed E-state index contributed by atoms with van der Waals surface area (Å²) >= 11 is 0. The molecule has 13 nitrogen and oxygen atoms in total. The Hall–Kier alpha value is -3.89. The Balaban J connectivity index is 1.58. The summed E-state index contributed by atoms with van der Waals surface area (Å²) in [5, 5.41) is 10.2. The molecular formula is C25H27F4N8O5P. The second-order valence-corrected chi connectivity index (χ2v) is 11.5. The molecule has 18 heteroatoms. The maximum Gasteiger partial charge on any atom is 0.527 e. The Kier molecular flexibility index (Phi) is 8.28. The molecular weight excluding hydrogens is 599 g/mol. The van der Waals surface area contributed by atoms with E-state index in [0.29, 0.717) is 41.4 Å². The van der Waals surface area contributed by atoms with Crippen LogP contribution in [0, 0.1) is 11.6 Å². The predicted octanol–water partition coefficient (Wildman–Crippen LogP) is 2.85. The minimum absolute atomic E-state index is 0.0252. The molecule has 230 valence electrons. The summed E-state index contributed by atoms with van der Waals surface area (Å²) in [6.07, 6.45) is -0.516. The van der Waals surface area contributed by atoms with Crippen molar-refractivity contribution >= 4 is 30.5 Å². The fourth-order valence-corrected chi connectivity index (χ4v) is 5.48. The number of halogens is 4. The van der Waals surface area contributed by atoms with Gasteiger partial charge in [0.1, 0.15) is 23.8 Å². The van der Waals surface area contributed by atoms with Crippen LogP contribution in [0.4, 0.5) is 29.1 Å². The molecule has 1 unspecified atom stereocenters. The van der Waals surface area contributed by atoms with Crippen molar-refractivity contribution in [1.29, 1.82) is 0 Å². The van der Waals surface area contributed by atoms with Gasteiger partial charge in [-0.25, -0.2) is 37.1 Å². The summed E-state index contributed by atoms with van der Waals surface area (Å²) in [4.78, 5) is 27.9.